The minimum atomic E-state index is -0.157. The van der Waals surface area contributed by atoms with Gasteiger partial charge in [-0.05, 0) is 33.9 Å². The Labute approximate surface area is 97.5 Å². The molecule has 0 aromatic carbocycles. The summed E-state index contributed by atoms with van der Waals surface area (Å²) in [5.74, 6) is 0.858. The SMILES string of the molecule is CC1CCC(C(=O)N2CC(CN(C)C)C2)O1. The van der Waals surface area contributed by atoms with Crippen LogP contribution in [0, 0.1) is 5.92 Å². The van der Waals surface area contributed by atoms with Crippen molar-refractivity contribution in [1.82, 2.24) is 9.80 Å². The zero-order valence-corrected chi connectivity index (χ0v) is 10.5. The zero-order valence-electron chi connectivity index (χ0n) is 10.5. The number of hydrogen-bond acceptors (Lipinski definition) is 3. The Bertz CT molecular complexity index is 262. The molecule has 2 saturated heterocycles. The van der Waals surface area contributed by atoms with Crippen molar-refractivity contribution in [1.29, 1.82) is 0 Å². The second-order valence-electron chi connectivity index (χ2n) is 5.38. The molecule has 0 aromatic rings. The van der Waals surface area contributed by atoms with Crippen LogP contribution in [-0.4, -0.2) is 61.6 Å². The quantitative estimate of drug-likeness (QED) is 0.705. The van der Waals surface area contributed by atoms with E-state index in [9.17, 15) is 4.79 Å². The van der Waals surface area contributed by atoms with E-state index in [1.54, 1.807) is 0 Å². The fourth-order valence-corrected chi connectivity index (χ4v) is 2.57. The zero-order chi connectivity index (χ0) is 11.7. The third-order valence-corrected chi connectivity index (χ3v) is 3.40. The molecule has 2 rings (SSSR count). The molecule has 2 unspecified atom stereocenters. The van der Waals surface area contributed by atoms with Crippen molar-refractivity contribution in [3.63, 3.8) is 0 Å². The van der Waals surface area contributed by atoms with E-state index in [1.807, 2.05) is 11.8 Å². The van der Waals surface area contributed by atoms with E-state index < -0.39 is 0 Å². The molecule has 0 spiro atoms. The normalized spacial score (nSPS) is 30.9. The summed E-state index contributed by atoms with van der Waals surface area (Å²) in [7, 11) is 4.15. The van der Waals surface area contributed by atoms with Crippen molar-refractivity contribution in [2.75, 3.05) is 33.7 Å². The highest BCUT2D eigenvalue weighted by Crippen LogP contribution is 2.24. The molecule has 0 N–H and O–H groups in total. The van der Waals surface area contributed by atoms with Crippen LogP contribution in [0.1, 0.15) is 19.8 Å². The maximum absolute atomic E-state index is 12.0. The molecule has 0 aromatic heterocycles. The summed E-state index contributed by atoms with van der Waals surface area (Å²) in [6, 6.07) is 0. The highest BCUT2D eigenvalue weighted by molar-refractivity contribution is 5.82. The van der Waals surface area contributed by atoms with Crippen molar-refractivity contribution in [2.24, 2.45) is 5.92 Å². The first-order chi connectivity index (χ1) is 7.56. The van der Waals surface area contributed by atoms with Crippen LogP contribution in [0.25, 0.3) is 0 Å². The lowest BCUT2D eigenvalue weighted by molar-refractivity contribution is -0.149. The van der Waals surface area contributed by atoms with Gasteiger partial charge in [0.2, 0.25) is 0 Å². The van der Waals surface area contributed by atoms with Gasteiger partial charge in [0.05, 0.1) is 6.10 Å². The monoisotopic (exact) mass is 226 g/mol. The summed E-state index contributed by atoms with van der Waals surface area (Å²) in [6.07, 6.45) is 2.02. The number of rotatable bonds is 3. The number of likely N-dealkylation sites (tertiary alicyclic amines) is 1. The first kappa shape index (κ1) is 11.9. The second kappa shape index (κ2) is 4.72. The molecule has 2 aliphatic rings. The molecule has 92 valence electrons. The van der Waals surface area contributed by atoms with Gasteiger partial charge < -0.3 is 14.5 Å². The molecule has 2 atom stereocenters. The van der Waals surface area contributed by atoms with Crippen LogP contribution >= 0.6 is 0 Å². The Morgan fingerprint density at radius 1 is 1.38 bits per heavy atom. The van der Waals surface area contributed by atoms with Gasteiger partial charge in [-0.15, -0.1) is 0 Å². The van der Waals surface area contributed by atoms with Crippen molar-refractivity contribution >= 4 is 5.91 Å². The van der Waals surface area contributed by atoms with Gasteiger partial charge in [-0.1, -0.05) is 0 Å². The minimum Gasteiger partial charge on any atom is -0.365 e. The van der Waals surface area contributed by atoms with Gasteiger partial charge in [0, 0.05) is 25.6 Å². The lowest BCUT2D eigenvalue weighted by atomic mass is 9.98. The molecular weight excluding hydrogens is 204 g/mol. The van der Waals surface area contributed by atoms with Crippen LogP contribution in [0.15, 0.2) is 0 Å². The maximum atomic E-state index is 12.0. The van der Waals surface area contributed by atoms with E-state index in [-0.39, 0.29) is 18.1 Å². The third kappa shape index (κ3) is 2.55. The van der Waals surface area contributed by atoms with Gasteiger partial charge in [-0.3, -0.25) is 4.79 Å². The largest absolute Gasteiger partial charge is 0.365 e. The Hall–Kier alpha value is -0.610. The van der Waals surface area contributed by atoms with Gasteiger partial charge in [0.15, 0.2) is 0 Å². The minimum absolute atomic E-state index is 0.157. The molecular formula is C12H22N2O2. The van der Waals surface area contributed by atoms with Crippen LogP contribution in [0.2, 0.25) is 0 Å². The van der Waals surface area contributed by atoms with E-state index in [2.05, 4.69) is 19.0 Å². The molecule has 0 bridgehead atoms. The maximum Gasteiger partial charge on any atom is 0.251 e. The van der Waals surface area contributed by atoms with Gasteiger partial charge >= 0.3 is 0 Å². The van der Waals surface area contributed by atoms with E-state index >= 15 is 0 Å². The molecule has 4 nitrogen and oxygen atoms in total. The molecule has 2 aliphatic heterocycles. The average Bonchev–Trinajstić information content (AvgIpc) is 2.56. The number of carbonyl (C=O) groups is 1. The van der Waals surface area contributed by atoms with E-state index in [0.717, 1.165) is 32.5 Å². The predicted molar refractivity (Wildman–Crippen MR) is 62.2 cm³/mol. The van der Waals surface area contributed by atoms with Crippen LogP contribution in [0.5, 0.6) is 0 Å². The van der Waals surface area contributed by atoms with Crippen LogP contribution < -0.4 is 0 Å². The van der Waals surface area contributed by atoms with Gasteiger partial charge in [0.25, 0.3) is 5.91 Å². The topological polar surface area (TPSA) is 32.8 Å². The Kier molecular flexibility index (Phi) is 3.50. The summed E-state index contributed by atoms with van der Waals surface area (Å²) < 4.78 is 5.59. The summed E-state index contributed by atoms with van der Waals surface area (Å²) in [6.45, 7) is 4.93. The van der Waals surface area contributed by atoms with Crippen molar-refractivity contribution in [3.8, 4) is 0 Å². The highest BCUT2D eigenvalue weighted by Gasteiger charge is 2.37. The number of carbonyl (C=O) groups excluding carboxylic acids is 1. The summed E-state index contributed by atoms with van der Waals surface area (Å²) in [5, 5.41) is 0. The standard InChI is InChI=1S/C12H22N2O2/c1-9-4-5-11(16-9)12(15)14-7-10(8-14)6-13(2)3/h9-11H,4-8H2,1-3H3. The number of ether oxygens (including phenoxy) is 1. The van der Waals surface area contributed by atoms with E-state index in [1.165, 1.54) is 0 Å². The van der Waals surface area contributed by atoms with Crippen molar-refractivity contribution in [3.05, 3.63) is 0 Å². The first-order valence-electron chi connectivity index (χ1n) is 6.15. The lowest BCUT2D eigenvalue weighted by Crippen LogP contribution is -2.55. The Morgan fingerprint density at radius 2 is 2.06 bits per heavy atom. The third-order valence-electron chi connectivity index (χ3n) is 3.40. The number of hydrogen-bond donors (Lipinski definition) is 0. The fourth-order valence-electron chi connectivity index (χ4n) is 2.57. The molecule has 16 heavy (non-hydrogen) atoms. The van der Waals surface area contributed by atoms with Gasteiger partial charge in [0.1, 0.15) is 6.10 Å². The first-order valence-corrected chi connectivity index (χ1v) is 6.15. The number of nitrogens with zero attached hydrogens (tertiary/aromatic N) is 2. The lowest BCUT2D eigenvalue weighted by Gasteiger charge is -2.41. The summed E-state index contributed by atoms with van der Waals surface area (Å²) >= 11 is 0. The summed E-state index contributed by atoms with van der Waals surface area (Å²) in [5.41, 5.74) is 0. The van der Waals surface area contributed by atoms with Crippen molar-refractivity contribution < 1.29 is 9.53 Å². The van der Waals surface area contributed by atoms with Crippen LogP contribution in [0.4, 0.5) is 0 Å². The van der Waals surface area contributed by atoms with Crippen LogP contribution in [0.3, 0.4) is 0 Å². The molecule has 2 fully saturated rings. The molecule has 0 saturated carbocycles. The molecule has 2 heterocycles. The Balaban J connectivity index is 1.73. The fraction of sp³-hybridized carbons (Fsp3) is 0.917. The highest BCUT2D eigenvalue weighted by atomic mass is 16.5. The smallest absolute Gasteiger partial charge is 0.251 e. The number of amides is 1. The van der Waals surface area contributed by atoms with Crippen molar-refractivity contribution in [2.45, 2.75) is 32.0 Å². The van der Waals surface area contributed by atoms with E-state index in [0.29, 0.717) is 5.92 Å². The second-order valence-corrected chi connectivity index (χ2v) is 5.38. The summed E-state index contributed by atoms with van der Waals surface area (Å²) in [4.78, 5) is 16.1. The van der Waals surface area contributed by atoms with Gasteiger partial charge in [-0.2, -0.15) is 0 Å². The van der Waals surface area contributed by atoms with E-state index in [4.69, 9.17) is 4.74 Å². The predicted octanol–water partition coefficient (Wildman–Crippen LogP) is 0.574. The molecule has 0 aliphatic carbocycles. The molecule has 4 heteroatoms. The Morgan fingerprint density at radius 3 is 2.56 bits per heavy atom. The average molecular weight is 226 g/mol. The van der Waals surface area contributed by atoms with Crippen LogP contribution in [-0.2, 0) is 9.53 Å². The molecule has 0 radical (unpaired) electrons. The van der Waals surface area contributed by atoms with Gasteiger partial charge in [-0.25, -0.2) is 0 Å². The molecule has 1 amide bonds.